The summed E-state index contributed by atoms with van der Waals surface area (Å²) < 4.78 is 0. The maximum atomic E-state index is 3.69. The highest BCUT2D eigenvalue weighted by Crippen LogP contribution is 2.24. The molecular weight excluding hydrogens is 220 g/mol. The normalized spacial score (nSPS) is 21.8. The van der Waals surface area contributed by atoms with Crippen molar-refractivity contribution in [2.24, 2.45) is 5.41 Å². The molecule has 0 aromatic heterocycles. The fourth-order valence-corrected chi connectivity index (χ4v) is 2.49. The van der Waals surface area contributed by atoms with E-state index in [0.717, 1.165) is 19.6 Å². The molecule has 18 heavy (non-hydrogen) atoms. The molecule has 1 unspecified atom stereocenters. The van der Waals surface area contributed by atoms with Crippen molar-refractivity contribution in [1.29, 1.82) is 0 Å². The van der Waals surface area contributed by atoms with Crippen molar-refractivity contribution in [3.05, 3.63) is 29.8 Å². The fraction of sp³-hybridized carbons (Fsp3) is 0.625. The van der Waals surface area contributed by atoms with Crippen molar-refractivity contribution in [2.75, 3.05) is 24.5 Å². The van der Waals surface area contributed by atoms with Gasteiger partial charge in [0.15, 0.2) is 0 Å². The van der Waals surface area contributed by atoms with E-state index in [4.69, 9.17) is 0 Å². The van der Waals surface area contributed by atoms with Gasteiger partial charge in [-0.25, -0.2) is 0 Å². The van der Waals surface area contributed by atoms with Gasteiger partial charge in [-0.2, -0.15) is 0 Å². The van der Waals surface area contributed by atoms with Crippen LogP contribution in [0.25, 0.3) is 0 Å². The number of benzene rings is 1. The lowest BCUT2D eigenvalue weighted by molar-refractivity contribution is 0.280. The number of hydrogen-bond donors (Lipinski definition) is 1. The van der Waals surface area contributed by atoms with Crippen molar-refractivity contribution < 1.29 is 0 Å². The van der Waals surface area contributed by atoms with Gasteiger partial charge in [-0.3, -0.25) is 0 Å². The first-order valence-corrected chi connectivity index (χ1v) is 7.02. The van der Waals surface area contributed by atoms with Crippen LogP contribution in [0.4, 0.5) is 5.69 Å². The first-order valence-electron chi connectivity index (χ1n) is 7.02. The third kappa shape index (κ3) is 3.26. The summed E-state index contributed by atoms with van der Waals surface area (Å²) in [6, 6.07) is 9.47. The van der Waals surface area contributed by atoms with E-state index in [9.17, 15) is 0 Å². The lowest BCUT2D eigenvalue weighted by atomic mass is 9.86. The molecule has 1 fully saturated rings. The van der Waals surface area contributed by atoms with E-state index in [0.29, 0.717) is 11.5 Å². The van der Waals surface area contributed by atoms with Crippen molar-refractivity contribution in [1.82, 2.24) is 5.32 Å². The monoisotopic (exact) mass is 246 g/mol. The second kappa shape index (κ2) is 5.31. The van der Waals surface area contributed by atoms with Gasteiger partial charge in [-0.05, 0) is 37.4 Å². The van der Waals surface area contributed by atoms with Gasteiger partial charge in [0.1, 0.15) is 0 Å². The molecule has 0 radical (unpaired) electrons. The molecule has 1 atom stereocenters. The predicted molar refractivity (Wildman–Crippen MR) is 79.3 cm³/mol. The van der Waals surface area contributed by atoms with Gasteiger partial charge < -0.3 is 10.2 Å². The van der Waals surface area contributed by atoms with Gasteiger partial charge in [0, 0.05) is 24.8 Å². The van der Waals surface area contributed by atoms with Gasteiger partial charge >= 0.3 is 0 Å². The minimum atomic E-state index is 0.313. The molecule has 2 rings (SSSR count). The average Bonchev–Trinajstić information content (AvgIpc) is 2.55. The molecule has 0 saturated carbocycles. The lowest BCUT2D eigenvalue weighted by Gasteiger charge is -2.34. The molecule has 0 spiro atoms. The molecule has 1 aliphatic rings. The molecule has 2 heteroatoms. The number of hydrogen-bond acceptors (Lipinski definition) is 2. The van der Waals surface area contributed by atoms with Crippen LogP contribution in [0.15, 0.2) is 24.3 Å². The van der Waals surface area contributed by atoms with E-state index in [1.165, 1.54) is 17.7 Å². The first kappa shape index (κ1) is 13.4. The highest BCUT2D eigenvalue weighted by molar-refractivity contribution is 5.47. The average molecular weight is 246 g/mol. The Labute approximate surface area is 111 Å². The summed E-state index contributed by atoms with van der Waals surface area (Å²) in [5.41, 5.74) is 3.01. The summed E-state index contributed by atoms with van der Waals surface area (Å²) in [4.78, 5) is 2.52. The Morgan fingerprint density at radius 1 is 1.17 bits per heavy atom. The van der Waals surface area contributed by atoms with Crippen molar-refractivity contribution in [2.45, 2.75) is 40.2 Å². The molecule has 0 bridgehead atoms. The highest BCUT2D eigenvalue weighted by Gasteiger charge is 2.28. The SMILES string of the molecule is Cc1ccc(N2CCCNC(C(C)(C)C)C2)cc1. The highest BCUT2D eigenvalue weighted by atomic mass is 15.2. The zero-order chi connectivity index (χ0) is 13.2. The smallest absolute Gasteiger partial charge is 0.0366 e. The Hall–Kier alpha value is -1.02. The van der Waals surface area contributed by atoms with Gasteiger partial charge in [0.2, 0.25) is 0 Å². The number of anilines is 1. The van der Waals surface area contributed by atoms with Crippen LogP contribution in [0.5, 0.6) is 0 Å². The van der Waals surface area contributed by atoms with Crippen LogP contribution >= 0.6 is 0 Å². The summed E-state index contributed by atoms with van der Waals surface area (Å²) in [5.74, 6) is 0. The van der Waals surface area contributed by atoms with Crippen LogP contribution in [-0.2, 0) is 0 Å². The zero-order valence-electron chi connectivity index (χ0n) is 12.2. The third-order valence-corrected chi connectivity index (χ3v) is 3.84. The van der Waals surface area contributed by atoms with Crippen LogP contribution in [0, 0.1) is 12.3 Å². The molecule has 100 valence electrons. The second-order valence-corrected chi connectivity index (χ2v) is 6.51. The number of aryl methyl sites for hydroxylation is 1. The zero-order valence-corrected chi connectivity index (χ0v) is 12.2. The molecule has 1 N–H and O–H groups in total. The van der Waals surface area contributed by atoms with E-state index >= 15 is 0 Å². The van der Waals surface area contributed by atoms with E-state index in [2.05, 4.69) is 62.2 Å². The van der Waals surface area contributed by atoms with Crippen LogP contribution in [-0.4, -0.2) is 25.7 Å². The Morgan fingerprint density at radius 3 is 2.44 bits per heavy atom. The topological polar surface area (TPSA) is 15.3 Å². The number of nitrogens with zero attached hydrogens (tertiary/aromatic N) is 1. The molecule has 2 nitrogen and oxygen atoms in total. The number of nitrogens with one attached hydrogen (secondary N) is 1. The van der Waals surface area contributed by atoms with E-state index in [-0.39, 0.29) is 0 Å². The van der Waals surface area contributed by atoms with Gasteiger partial charge in [0.05, 0.1) is 0 Å². The summed E-state index contributed by atoms with van der Waals surface area (Å²) >= 11 is 0. The summed E-state index contributed by atoms with van der Waals surface area (Å²) in [6.45, 7) is 12.5. The largest absolute Gasteiger partial charge is 0.370 e. The maximum Gasteiger partial charge on any atom is 0.0366 e. The van der Waals surface area contributed by atoms with Crippen LogP contribution in [0.3, 0.4) is 0 Å². The minimum Gasteiger partial charge on any atom is -0.370 e. The van der Waals surface area contributed by atoms with E-state index in [1.807, 2.05) is 0 Å². The van der Waals surface area contributed by atoms with Gasteiger partial charge in [0.25, 0.3) is 0 Å². The van der Waals surface area contributed by atoms with Crippen molar-refractivity contribution in [3.8, 4) is 0 Å². The van der Waals surface area contributed by atoms with Crippen LogP contribution in [0.1, 0.15) is 32.8 Å². The Balaban J connectivity index is 2.14. The Kier molecular flexibility index (Phi) is 3.96. The van der Waals surface area contributed by atoms with E-state index in [1.54, 1.807) is 0 Å². The number of rotatable bonds is 1. The standard InChI is InChI=1S/C16H26N2/c1-13-6-8-14(9-7-13)18-11-5-10-17-15(12-18)16(2,3)4/h6-9,15,17H,5,10-12H2,1-4H3. The minimum absolute atomic E-state index is 0.313. The third-order valence-electron chi connectivity index (χ3n) is 3.84. The Morgan fingerprint density at radius 2 is 1.83 bits per heavy atom. The van der Waals surface area contributed by atoms with Crippen molar-refractivity contribution >= 4 is 5.69 Å². The van der Waals surface area contributed by atoms with Gasteiger partial charge in [-0.1, -0.05) is 38.5 Å². The van der Waals surface area contributed by atoms with Crippen molar-refractivity contribution in [3.63, 3.8) is 0 Å². The molecule has 1 aromatic carbocycles. The predicted octanol–water partition coefficient (Wildman–Crippen LogP) is 3.21. The molecule has 1 saturated heterocycles. The molecule has 0 amide bonds. The fourth-order valence-electron chi connectivity index (χ4n) is 2.49. The molecule has 1 aromatic rings. The summed E-state index contributed by atoms with van der Waals surface area (Å²) in [6.07, 6.45) is 1.22. The Bertz CT molecular complexity index is 375. The van der Waals surface area contributed by atoms with Gasteiger partial charge in [-0.15, -0.1) is 0 Å². The second-order valence-electron chi connectivity index (χ2n) is 6.51. The first-order chi connectivity index (χ1) is 8.47. The van der Waals surface area contributed by atoms with Crippen LogP contribution in [0.2, 0.25) is 0 Å². The van der Waals surface area contributed by atoms with Crippen LogP contribution < -0.4 is 10.2 Å². The lowest BCUT2D eigenvalue weighted by Crippen LogP contribution is -2.46. The molecule has 1 heterocycles. The molecule has 0 aliphatic carbocycles. The summed E-state index contributed by atoms with van der Waals surface area (Å²) in [7, 11) is 0. The maximum absolute atomic E-state index is 3.69. The molecular formula is C16H26N2. The van der Waals surface area contributed by atoms with E-state index < -0.39 is 0 Å². The summed E-state index contributed by atoms with van der Waals surface area (Å²) in [5, 5.41) is 3.69. The molecule has 1 aliphatic heterocycles. The quantitative estimate of drug-likeness (QED) is 0.818.